The number of rotatable bonds is 6. The summed E-state index contributed by atoms with van der Waals surface area (Å²) < 4.78 is 65.8. The molecule has 0 saturated carbocycles. The Hall–Kier alpha value is -5.07. The standard InChI is InChI=1S/C28H25F2N3O3.C2HF3O2/c1-28(2,3)32-26(34)25(19-7-5-15-31-17-19)33(27(35)23-10-6-16-36-23)20-13-11-18(12-14-20)24-21(29)8-4-9-22(24)30;3-2(4,5)1(6)7/h4-17,25H,1-3H3,(H,32,34);(H,6,7). The molecule has 0 fully saturated rings. The van der Waals surface area contributed by atoms with E-state index in [1.807, 2.05) is 20.8 Å². The number of anilines is 1. The molecule has 4 rings (SSSR count). The molecular weight excluding hydrogens is 577 g/mol. The second kappa shape index (κ2) is 13.3. The van der Waals surface area contributed by atoms with Gasteiger partial charge in [-0.1, -0.05) is 24.3 Å². The quantitative estimate of drug-likeness (QED) is 0.242. The fourth-order valence-electron chi connectivity index (χ4n) is 3.86. The van der Waals surface area contributed by atoms with Crippen molar-refractivity contribution in [3.8, 4) is 11.1 Å². The molecule has 2 aromatic carbocycles. The molecule has 2 heterocycles. The van der Waals surface area contributed by atoms with Crippen LogP contribution in [0, 0.1) is 11.6 Å². The average molecular weight is 604 g/mol. The maximum Gasteiger partial charge on any atom is 0.490 e. The number of carbonyl (C=O) groups is 3. The van der Waals surface area contributed by atoms with Crippen molar-refractivity contribution in [2.75, 3.05) is 4.90 Å². The van der Waals surface area contributed by atoms with Crippen molar-refractivity contribution in [3.05, 3.63) is 108 Å². The minimum Gasteiger partial charge on any atom is -0.475 e. The van der Waals surface area contributed by atoms with Gasteiger partial charge in [-0.25, -0.2) is 13.6 Å². The highest BCUT2D eigenvalue weighted by atomic mass is 19.4. The number of furan rings is 1. The van der Waals surface area contributed by atoms with Gasteiger partial charge in [0, 0.05) is 29.2 Å². The summed E-state index contributed by atoms with van der Waals surface area (Å²) in [5.41, 5.74) is 0.334. The summed E-state index contributed by atoms with van der Waals surface area (Å²) in [6, 6.07) is 15.1. The zero-order chi connectivity index (χ0) is 31.9. The summed E-state index contributed by atoms with van der Waals surface area (Å²) in [6.07, 6.45) is -0.638. The lowest BCUT2D eigenvalue weighted by molar-refractivity contribution is -0.192. The summed E-state index contributed by atoms with van der Waals surface area (Å²) in [6.45, 7) is 5.50. The number of amides is 2. The van der Waals surface area contributed by atoms with E-state index in [0.717, 1.165) is 0 Å². The van der Waals surface area contributed by atoms with Crippen molar-refractivity contribution in [1.29, 1.82) is 0 Å². The van der Waals surface area contributed by atoms with E-state index in [1.54, 1.807) is 24.4 Å². The van der Waals surface area contributed by atoms with Crippen LogP contribution in [-0.2, 0) is 9.59 Å². The van der Waals surface area contributed by atoms with Crippen LogP contribution in [0.1, 0.15) is 42.9 Å². The predicted octanol–water partition coefficient (Wildman–Crippen LogP) is 6.56. The minimum absolute atomic E-state index is 0.0247. The van der Waals surface area contributed by atoms with Crippen LogP contribution in [0.2, 0.25) is 0 Å². The van der Waals surface area contributed by atoms with Gasteiger partial charge in [-0.05, 0) is 68.8 Å². The number of hydrogen-bond donors (Lipinski definition) is 2. The van der Waals surface area contributed by atoms with Crippen LogP contribution in [0.5, 0.6) is 0 Å². The van der Waals surface area contributed by atoms with Crippen molar-refractivity contribution in [1.82, 2.24) is 10.3 Å². The van der Waals surface area contributed by atoms with E-state index in [2.05, 4.69) is 10.3 Å². The lowest BCUT2D eigenvalue weighted by atomic mass is 10.0. The molecule has 1 unspecified atom stereocenters. The van der Waals surface area contributed by atoms with Gasteiger partial charge in [0.1, 0.15) is 17.7 Å². The first kappa shape index (κ1) is 32.4. The highest BCUT2D eigenvalue weighted by Gasteiger charge is 2.38. The third-order valence-corrected chi connectivity index (χ3v) is 5.60. The van der Waals surface area contributed by atoms with Gasteiger partial charge in [0.2, 0.25) is 5.91 Å². The third-order valence-electron chi connectivity index (χ3n) is 5.60. The van der Waals surface area contributed by atoms with Crippen molar-refractivity contribution in [2.24, 2.45) is 0 Å². The van der Waals surface area contributed by atoms with E-state index in [-0.39, 0.29) is 16.9 Å². The van der Waals surface area contributed by atoms with Crippen molar-refractivity contribution >= 4 is 23.5 Å². The zero-order valence-corrected chi connectivity index (χ0v) is 23.0. The topological polar surface area (TPSA) is 113 Å². The Labute approximate surface area is 242 Å². The molecule has 0 spiro atoms. The summed E-state index contributed by atoms with van der Waals surface area (Å²) in [7, 11) is 0. The predicted molar refractivity (Wildman–Crippen MR) is 146 cm³/mol. The van der Waals surface area contributed by atoms with Crippen molar-refractivity contribution < 1.29 is 45.9 Å². The fourth-order valence-corrected chi connectivity index (χ4v) is 3.86. The van der Waals surface area contributed by atoms with Crippen molar-refractivity contribution in [3.63, 3.8) is 0 Å². The van der Waals surface area contributed by atoms with Crippen LogP contribution in [0.3, 0.4) is 0 Å². The number of carboxylic acids is 1. The monoisotopic (exact) mass is 603 g/mol. The Morgan fingerprint density at radius 2 is 1.51 bits per heavy atom. The Kier molecular flexibility index (Phi) is 10.0. The Balaban J connectivity index is 0.000000646. The SMILES string of the molecule is CC(C)(C)NC(=O)C(c1cccnc1)N(C(=O)c1ccco1)c1ccc(-c2c(F)cccc2F)cc1.O=C(O)C(F)(F)F. The number of carbonyl (C=O) groups excluding carboxylic acids is 2. The van der Waals surface area contributed by atoms with Gasteiger partial charge in [-0.3, -0.25) is 19.5 Å². The summed E-state index contributed by atoms with van der Waals surface area (Å²) in [4.78, 5) is 41.5. The second-order valence-corrected chi connectivity index (χ2v) is 10.0. The van der Waals surface area contributed by atoms with E-state index < -0.39 is 47.2 Å². The Morgan fingerprint density at radius 1 is 0.907 bits per heavy atom. The van der Waals surface area contributed by atoms with Gasteiger partial charge < -0.3 is 14.8 Å². The van der Waals surface area contributed by atoms with Gasteiger partial charge in [-0.2, -0.15) is 13.2 Å². The number of nitrogens with zero attached hydrogens (tertiary/aromatic N) is 2. The fraction of sp³-hybridized carbons (Fsp3) is 0.200. The number of pyridine rings is 1. The number of nitrogens with one attached hydrogen (secondary N) is 1. The summed E-state index contributed by atoms with van der Waals surface area (Å²) in [5.74, 6) is -5.14. The molecule has 0 bridgehead atoms. The molecule has 0 radical (unpaired) electrons. The lowest BCUT2D eigenvalue weighted by Crippen LogP contribution is -2.49. The molecule has 43 heavy (non-hydrogen) atoms. The summed E-state index contributed by atoms with van der Waals surface area (Å²) in [5, 5.41) is 10.1. The molecule has 8 nitrogen and oxygen atoms in total. The molecule has 2 aromatic heterocycles. The Bertz CT molecular complexity index is 1530. The van der Waals surface area contributed by atoms with E-state index in [4.69, 9.17) is 14.3 Å². The molecular formula is C30H26F5N3O5. The van der Waals surface area contributed by atoms with Crippen molar-refractivity contribution in [2.45, 2.75) is 38.5 Å². The van der Waals surface area contributed by atoms with Crippen LogP contribution in [0.15, 0.2) is 89.8 Å². The summed E-state index contributed by atoms with van der Waals surface area (Å²) >= 11 is 0. The van der Waals surface area contributed by atoms with Gasteiger partial charge in [0.05, 0.1) is 11.8 Å². The highest BCUT2D eigenvalue weighted by Crippen LogP contribution is 2.33. The number of hydrogen-bond acceptors (Lipinski definition) is 5. The molecule has 0 aliphatic carbocycles. The largest absolute Gasteiger partial charge is 0.490 e. The first-order chi connectivity index (χ1) is 20.1. The van der Waals surface area contributed by atoms with Gasteiger partial charge in [0.25, 0.3) is 5.91 Å². The van der Waals surface area contributed by atoms with Crippen LogP contribution < -0.4 is 10.2 Å². The Morgan fingerprint density at radius 3 is 1.98 bits per heavy atom. The molecule has 2 N–H and O–H groups in total. The maximum absolute atomic E-state index is 14.3. The number of aromatic nitrogens is 1. The zero-order valence-electron chi connectivity index (χ0n) is 23.0. The van der Waals surface area contributed by atoms with Crippen LogP contribution >= 0.6 is 0 Å². The third kappa shape index (κ3) is 8.47. The van der Waals surface area contributed by atoms with E-state index in [9.17, 15) is 31.5 Å². The van der Waals surface area contributed by atoms with Gasteiger partial charge >= 0.3 is 12.1 Å². The second-order valence-electron chi connectivity index (χ2n) is 10.0. The maximum atomic E-state index is 14.3. The van der Waals surface area contributed by atoms with Gasteiger partial charge in [0.15, 0.2) is 5.76 Å². The highest BCUT2D eigenvalue weighted by molar-refractivity contribution is 6.08. The first-order valence-electron chi connectivity index (χ1n) is 12.5. The van der Waals surface area contributed by atoms with Crippen LogP contribution in [-0.4, -0.2) is 39.6 Å². The van der Waals surface area contributed by atoms with Gasteiger partial charge in [-0.15, -0.1) is 0 Å². The number of aliphatic carboxylic acids is 1. The molecule has 0 aliphatic rings. The van der Waals surface area contributed by atoms with E-state index >= 15 is 0 Å². The molecule has 13 heteroatoms. The number of benzene rings is 2. The molecule has 226 valence electrons. The molecule has 1 atom stereocenters. The lowest BCUT2D eigenvalue weighted by Gasteiger charge is -2.33. The number of carboxylic acid groups (broad SMARTS) is 1. The molecule has 0 aliphatic heterocycles. The molecule has 4 aromatic rings. The number of halogens is 5. The van der Waals surface area contributed by atoms with Crippen LogP contribution in [0.4, 0.5) is 27.6 Å². The number of alkyl halides is 3. The van der Waals surface area contributed by atoms with Crippen LogP contribution in [0.25, 0.3) is 11.1 Å². The van der Waals surface area contributed by atoms with E-state index in [1.165, 1.54) is 65.9 Å². The molecule has 0 saturated heterocycles. The smallest absolute Gasteiger partial charge is 0.475 e. The average Bonchev–Trinajstić information content (AvgIpc) is 3.46. The van der Waals surface area contributed by atoms with E-state index in [0.29, 0.717) is 11.3 Å². The first-order valence-corrected chi connectivity index (χ1v) is 12.5. The molecule has 2 amide bonds. The normalized spacial score (nSPS) is 12.0. The minimum atomic E-state index is -5.08.